The Morgan fingerprint density at radius 1 is 1.42 bits per heavy atom. The minimum Gasteiger partial charge on any atom is -0.356 e. The Bertz CT molecular complexity index is 1010. The number of nitrogens with one attached hydrogen (secondary N) is 2. The molecule has 1 saturated heterocycles. The third-order valence-corrected chi connectivity index (χ3v) is 4.74. The maximum atomic E-state index is 11.6. The molecule has 2 N–H and O–H groups in total. The van der Waals surface area contributed by atoms with E-state index in [0.29, 0.717) is 5.82 Å². The first-order valence-electron chi connectivity index (χ1n) is 8.67. The maximum absolute atomic E-state index is 11.6. The average molecular weight is 349 g/mol. The van der Waals surface area contributed by atoms with E-state index >= 15 is 0 Å². The number of fused-ring (bicyclic) bond motifs is 3. The summed E-state index contributed by atoms with van der Waals surface area (Å²) in [5.41, 5.74) is 1.66. The molecular weight excluding hydrogens is 330 g/mol. The molecule has 3 aromatic rings. The summed E-state index contributed by atoms with van der Waals surface area (Å²) in [5, 5.41) is 13.6. The summed E-state index contributed by atoms with van der Waals surface area (Å²) >= 11 is 0. The normalized spacial score (nSPS) is 15.3. The molecular formula is C18H19N7O. The van der Waals surface area contributed by atoms with E-state index in [4.69, 9.17) is 10.2 Å². The molecule has 0 aromatic carbocycles. The number of nitrogens with zero attached hydrogens (tertiary/aromatic N) is 5. The number of aryl methyl sites for hydroxylation is 1. The summed E-state index contributed by atoms with van der Waals surface area (Å²) in [6.07, 6.45) is 5.21. The van der Waals surface area contributed by atoms with Crippen molar-refractivity contribution in [3.8, 4) is 6.07 Å². The number of nitriles is 1. The Labute approximate surface area is 150 Å². The van der Waals surface area contributed by atoms with E-state index in [1.165, 1.54) is 0 Å². The smallest absolute Gasteiger partial charge is 0.234 e. The number of hydrogen-bond acceptors (Lipinski definition) is 6. The summed E-state index contributed by atoms with van der Waals surface area (Å²) in [6.45, 7) is 3.47. The molecule has 0 atom stereocenters. The van der Waals surface area contributed by atoms with Gasteiger partial charge in [-0.15, -0.1) is 0 Å². The number of H-pyrrole nitrogens is 1. The molecule has 1 aliphatic rings. The SMILES string of the molecule is Cc1nc(N2CCC(NC(=O)CC#N)CC2)c2c(cnc3[nH]ccc32)n1. The largest absolute Gasteiger partial charge is 0.356 e. The Balaban J connectivity index is 1.63. The van der Waals surface area contributed by atoms with E-state index in [1.54, 1.807) is 6.20 Å². The van der Waals surface area contributed by atoms with Crippen molar-refractivity contribution < 1.29 is 4.79 Å². The van der Waals surface area contributed by atoms with Crippen LogP contribution < -0.4 is 10.2 Å². The molecule has 4 heterocycles. The van der Waals surface area contributed by atoms with Crippen LogP contribution in [-0.2, 0) is 4.79 Å². The second kappa shape index (κ2) is 6.59. The lowest BCUT2D eigenvalue weighted by atomic mass is 10.0. The summed E-state index contributed by atoms with van der Waals surface area (Å²) in [4.78, 5) is 30.7. The molecule has 0 saturated carbocycles. The lowest BCUT2D eigenvalue weighted by Crippen LogP contribution is -2.45. The lowest BCUT2D eigenvalue weighted by Gasteiger charge is -2.33. The molecule has 0 bridgehead atoms. The van der Waals surface area contributed by atoms with Crippen LogP contribution in [0.15, 0.2) is 18.5 Å². The monoisotopic (exact) mass is 349 g/mol. The fourth-order valence-electron chi connectivity index (χ4n) is 3.54. The molecule has 0 spiro atoms. The predicted octanol–water partition coefficient (Wildman–Crippen LogP) is 1.81. The second-order valence-electron chi connectivity index (χ2n) is 6.52. The predicted molar refractivity (Wildman–Crippen MR) is 97.5 cm³/mol. The van der Waals surface area contributed by atoms with Crippen LogP contribution in [0.1, 0.15) is 25.1 Å². The van der Waals surface area contributed by atoms with Gasteiger partial charge in [0.15, 0.2) is 0 Å². The van der Waals surface area contributed by atoms with Gasteiger partial charge in [-0.05, 0) is 25.8 Å². The number of carbonyl (C=O) groups is 1. The lowest BCUT2D eigenvalue weighted by molar-refractivity contribution is -0.120. The van der Waals surface area contributed by atoms with Crippen molar-refractivity contribution in [1.82, 2.24) is 25.3 Å². The molecule has 1 amide bonds. The van der Waals surface area contributed by atoms with Crippen molar-refractivity contribution in [2.75, 3.05) is 18.0 Å². The first kappa shape index (κ1) is 16.3. The van der Waals surface area contributed by atoms with E-state index in [9.17, 15) is 4.79 Å². The summed E-state index contributed by atoms with van der Waals surface area (Å²) in [7, 11) is 0. The van der Waals surface area contributed by atoms with Crippen molar-refractivity contribution in [2.45, 2.75) is 32.2 Å². The fraction of sp³-hybridized carbons (Fsp3) is 0.389. The van der Waals surface area contributed by atoms with Crippen LogP contribution in [-0.4, -0.2) is 45.0 Å². The number of amides is 1. The highest BCUT2D eigenvalue weighted by Crippen LogP contribution is 2.31. The molecule has 132 valence electrons. The van der Waals surface area contributed by atoms with Gasteiger partial charge in [-0.3, -0.25) is 4.79 Å². The van der Waals surface area contributed by atoms with E-state index in [1.807, 2.05) is 25.3 Å². The summed E-state index contributed by atoms with van der Waals surface area (Å²) in [6, 6.07) is 3.99. The number of rotatable bonds is 3. The molecule has 8 nitrogen and oxygen atoms in total. The highest BCUT2D eigenvalue weighted by atomic mass is 16.1. The van der Waals surface area contributed by atoms with Crippen molar-refractivity contribution in [2.24, 2.45) is 0 Å². The van der Waals surface area contributed by atoms with E-state index in [-0.39, 0.29) is 18.4 Å². The molecule has 1 fully saturated rings. The van der Waals surface area contributed by atoms with Crippen molar-refractivity contribution in [3.05, 3.63) is 24.3 Å². The zero-order valence-electron chi connectivity index (χ0n) is 14.5. The summed E-state index contributed by atoms with van der Waals surface area (Å²) in [5.74, 6) is 1.43. The minimum atomic E-state index is -0.200. The van der Waals surface area contributed by atoms with Crippen LogP contribution in [0.3, 0.4) is 0 Å². The molecule has 4 rings (SSSR count). The number of anilines is 1. The van der Waals surface area contributed by atoms with Crippen LogP contribution in [0.2, 0.25) is 0 Å². The molecule has 0 unspecified atom stereocenters. The first-order valence-corrected chi connectivity index (χ1v) is 8.67. The van der Waals surface area contributed by atoms with Gasteiger partial charge in [0.25, 0.3) is 0 Å². The van der Waals surface area contributed by atoms with Gasteiger partial charge in [0, 0.05) is 30.7 Å². The number of piperidine rings is 1. The van der Waals surface area contributed by atoms with Gasteiger partial charge in [-0.1, -0.05) is 0 Å². The minimum absolute atomic E-state index is 0.0889. The number of aromatic amines is 1. The van der Waals surface area contributed by atoms with Gasteiger partial charge in [-0.25, -0.2) is 15.0 Å². The quantitative estimate of drug-likeness (QED) is 0.746. The molecule has 0 radical (unpaired) electrons. The highest BCUT2D eigenvalue weighted by Gasteiger charge is 2.24. The van der Waals surface area contributed by atoms with Gasteiger partial charge >= 0.3 is 0 Å². The fourth-order valence-corrected chi connectivity index (χ4v) is 3.54. The third kappa shape index (κ3) is 2.92. The van der Waals surface area contributed by atoms with Crippen molar-refractivity contribution in [3.63, 3.8) is 0 Å². The van der Waals surface area contributed by atoms with Crippen molar-refractivity contribution >= 4 is 33.7 Å². The number of aromatic nitrogens is 4. The Hall–Kier alpha value is -3.21. The molecule has 8 heteroatoms. The first-order chi connectivity index (χ1) is 12.7. The maximum Gasteiger partial charge on any atom is 0.234 e. The topological polar surface area (TPSA) is 111 Å². The van der Waals surface area contributed by atoms with Gasteiger partial charge < -0.3 is 15.2 Å². The van der Waals surface area contributed by atoms with Gasteiger partial charge in [-0.2, -0.15) is 5.26 Å². The van der Waals surface area contributed by atoms with Crippen LogP contribution in [0.4, 0.5) is 5.82 Å². The zero-order chi connectivity index (χ0) is 18.1. The third-order valence-electron chi connectivity index (χ3n) is 4.74. The average Bonchev–Trinajstić information content (AvgIpc) is 3.10. The molecule has 0 aliphatic carbocycles. The Morgan fingerprint density at radius 3 is 3.00 bits per heavy atom. The molecule has 3 aromatic heterocycles. The van der Waals surface area contributed by atoms with Crippen LogP contribution in [0.25, 0.3) is 21.9 Å². The van der Waals surface area contributed by atoms with Gasteiger partial charge in [0.1, 0.15) is 23.7 Å². The molecule has 1 aliphatic heterocycles. The van der Waals surface area contributed by atoms with Gasteiger partial charge in [0.05, 0.1) is 23.2 Å². The van der Waals surface area contributed by atoms with Crippen LogP contribution in [0, 0.1) is 18.3 Å². The number of carbonyl (C=O) groups excluding carboxylic acids is 1. The standard InChI is InChI=1S/C18H19N7O/c1-11-22-14-10-21-17-13(3-7-20-17)16(14)18(23-11)25-8-4-12(5-9-25)24-15(26)2-6-19/h3,7,10,12H,2,4-5,8-9H2,1H3,(H,20,21)(H,24,26). The van der Waals surface area contributed by atoms with E-state index in [0.717, 1.165) is 53.7 Å². The summed E-state index contributed by atoms with van der Waals surface area (Å²) < 4.78 is 0. The van der Waals surface area contributed by atoms with E-state index < -0.39 is 0 Å². The number of hydrogen-bond donors (Lipinski definition) is 2. The van der Waals surface area contributed by atoms with E-state index in [2.05, 4.69) is 25.2 Å². The highest BCUT2D eigenvalue weighted by molar-refractivity contribution is 6.09. The Morgan fingerprint density at radius 2 is 2.23 bits per heavy atom. The zero-order valence-corrected chi connectivity index (χ0v) is 14.5. The Kier molecular flexibility index (Phi) is 4.13. The van der Waals surface area contributed by atoms with Crippen molar-refractivity contribution in [1.29, 1.82) is 5.26 Å². The van der Waals surface area contributed by atoms with Crippen LogP contribution in [0.5, 0.6) is 0 Å². The second-order valence-corrected chi connectivity index (χ2v) is 6.52. The van der Waals surface area contributed by atoms with Crippen LogP contribution >= 0.6 is 0 Å². The van der Waals surface area contributed by atoms with Gasteiger partial charge in [0.2, 0.25) is 5.91 Å². The number of pyridine rings is 1. The molecule has 26 heavy (non-hydrogen) atoms.